The van der Waals surface area contributed by atoms with Crippen molar-refractivity contribution in [2.24, 2.45) is 17.1 Å². The molecule has 0 bridgehead atoms. The van der Waals surface area contributed by atoms with E-state index in [0.717, 1.165) is 25.7 Å². The number of nitrogens with two attached hydrogens (primary N) is 1. The number of carbonyl (C=O) groups is 1. The number of carbonyl (C=O) groups excluding carboxylic acids is 1. The van der Waals surface area contributed by atoms with Crippen molar-refractivity contribution in [3.8, 4) is 0 Å². The van der Waals surface area contributed by atoms with E-state index in [2.05, 4.69) is 12.2 Å². The minimum atomic E-state index is -0.263. The third-order valence-corrected chi connectivity index (χ3v) is 5.40. The van der Waals surface area contributed by atoms with E-state index in [1.807, 2.05) is 0 Å². The highest BCUT2D eigenvalue weighted by Gasteiger charge is 2.39. The molecular formula is C16H30N2O. The molecule has 0 aromatic rings. The van der Waals surface area contributed by atoms with Crippen LogP contribution in [-0.4, -0.2) is 18.5 Å². The first kappa shape index (κ1) is 14.8. The van der Waals surface area contributed by atoms with Crippen LogP contribution < -0.4 is 11.1 Å². The normalized spacial score (nSPS) is 25.8. The summed E-state index contributed by atoms with van der Waals surface area (Å²) in [6.07, 6.45) is 12.1. The van der Waals surface area contributed by atoms with Crippen LogP contribution in [0, 0.1) is 11.3 Å². The maximum Gasteiger partial charge on any atom is 0.227 e. The molecule has 19 heavy (non-hydrogen) atoms. The van der Waals surface area contributed by atoms with E-state index < -0.39 is 0 Å². The number of hydrogen-bond acceptors (Lipinski definition) is 2. The summed E-state index contributed by atoms with van der Waals surface area (Å²) in [4.78, 5) is 12.6. The van der Waals surface area contributed by atoms with Crippen molar-refractivity contribution in [1.82, 2.24) is 5.32 Å². The molecule has 3 N–H and O–H groups in total. The maximum atomic E-state index is 12.6. The third-order valence-electron chi connectivity index (χ3n) is 5.40. The smallest absolute Gasteiger partial charge is 0.227 e. The van der Waals surface area contributed by atoms with Gasteiger partial charge in [-0.05, 0) is 38.5 Å². The van der Waals surface area contributed by atoms with Crippen LogP contribution >= 0.6 is 0 Å². The Hall–Kier alpha value is -0.570. The highest BCUT2D eigenvalue weighted by Crippen LogP contribution is 2.36. The molecule has 0 spiro atoms. The van der Waals surface area contributed by atoms with Crippen LogP contribution in [0.4, 0.5) is 0 Å². The molecule has 0 radical (unpaired) electrons. The minimum absolute atomic E-state index is 0.229. The summed E-state index contributed by atoms with van der Waals surface area (Å²) >= 11 is 0. The highest BCUT2D eigenvalue weighted by atomic mass is 16.2. The van der Waals surface area contributed by atoms with Crippen molar-refractivity contribution in [3.05, 3.63) is 0 Å². The van der Waals surface area contributed by atoms with Gasteiger partial charge in [0.25, 0.3) is 0 Å². The topological polar surface area (TPSA) is 55.1 Å². The van der Waals surface area contributed by atoms with E-state index in [1.54, 1.807) is 0 Å². The van der Waals surface area contributed by atoms with Gasteiger partial charge in [-0.15, -0.1) is 0 Å². The summed E-state index contributed by atoms with van der Waals surface area (Å²) in [6.45, 7) is 2.69. The van der Waals surface area contributed by atoms with Crippen LogP contribution in [0.5, 0.6) is 0 Å². The lowest BCUT2D eigenvalue weighted by atomic mass is 9.73. The molecule has 0 saturated heterocycles. The number of hydrogen-bond donors (Lipinski definition) is 2. The summed E-state index contributed by atoms with van der Waals surface area (Å²) in [5.74, 6) is 0.906. The van der Waals surface area contributed by atoms with Gasteiger partial charge in [-0.1, -0.05) is 38.5 Å². The first-order chi connectivity index (χ1) is 9.18. The second kappa shape index (κ2) is 6.74. The molecule has 0 unspecified atom stereocenters. The monoisotopic (exact) mass is 266 g/mol. The minimum Gasteiger partial charge on any atom is -0.353 e. The molecule has 2 rings (SSSR count). The Kier molecular flexibility index (Phi) is 5.26. The Morgan fingerprint density at radius 3 is 2.32 bits per heavy atom. The van der Waals surface area contributed by atoms with Crippen LogP contribution in [0.2, 0.25) is 0 Å². The van der Waals surface area contributed by atoms with Gasteiger partial charge in [0.15, 0.2) is 0 Å². The summed E-state index contributed by atoms with van der Waals surface area (Å²) in [6, 6.07) is 0.318. The van der Waals surface area contributed by atoms with Crippen molar-refractivity contribution < 1.29 is 4.79 Å². The summed E-state index contributed by atoms with van der Waals surface area (Å²) in [5.41, 5.74) is 5.67. The summed E-state index contributed by atoms with van der Waals surface area (Å²) < 4.78 is 0. The van der Waals surface area contributed by atoms with Crippen molar-refractivity contribution in [3.63, 3.8) is 0 Å². The summed E-state index contributed by atoms with van der Waals surface area (Å²) in [7, 11) is 0. The van der Waals surface area contributed by atoms with Crippen LogP contribution in [0.1, 0.15) is 71.1 Å². The Labute approximate surface area is 117 Å². The quantitative estimate of drug-likeness (QED) is 0.822. The van der Waals surface area contributed by atoms with E-state index in [4.69, 9.17) is 5.73 Å². The van der Waals surface area contributed by atoms with Crippen molar-refractivity contribution in [2.75, 3.05) is 6.54 Å². The molecule has 1 amide bonds. The van der Waals surface area contributed by atoms with E-state index in [9.17, 15) is 4.79 Å². The predicted octanol–water partition coefficient (Wildman–Crippen LogP) is 2.98. The SMILES string of the molecule is C[C@@H](NC(=O)C1(CN)CCCCC1)C1CCCCC1. The predicted molar refractivity (Wildman–Crippen MR) is 78.8 cm³/mol. The van der Waals surface area contributed by atoms with Gasteiger partial charge < -0.3 is 11.1 Å². The van der Waals surface area contributed by atoms with Crippen LogP contribution in [0.3, 0.4) is 0 Å². The molecule has 2 aliphatic carbocycles. The Morgan fingerprint density at radius 2 is 1.74 bits per heavy atom. The molecule has 0 heterocycles. The average molecular weight is 266 g/mol. The highest BCUT2D eigenvalue weighted by molar-refractivity contribution is 5.83. The van der Waals surface area contributed by atoms with Crippen LogP contribution in [0.25, 0.3) is 0 Å². The molecule has 110 valence electrons. The third kappa shape index (κ3) is 3.50. The fourth-order valence-electron chi connectivity index (χ4n) is 3.86. The average Bonchev–Trinajstić information content (AvgIpc) is 2.48. The van der Waals surface area contributed by atoms with Crippen LogP contribution in [0.15, 0.2) is 0 Å². The molecule has 3 nitrogen and oxygen atoms in total. The van der Waals surface area contributed by atoms with Gasteiger partial charge in [-0.2, -0.15) is 0 Å². The second-order valence-electron chi connectivity index (χ2n) is 6.71. The Balaban J connectivity index is 1.90. The fourth-order valence-corrected chi connectivity index (χ4v) is 3.86. The van der Waals surface area contributed by atoms with Gasteiger partial charge in [-0.25, -0.2) is 0 Å². The van der Waals surface area contributed by atoms with E-state index >= 15 is 0 Å². The molecule has 3 heteroatoms. The zero-order chi connectivity index (χ0) is 13.7. The lowest BCUT2D eigenvalue weighted by Crippen LogP contribution is -2.51. The number of rotatable bonds is 4. The van der Waals surface area contributed by atoms with Crippen molar-refractivity contribution in [2.45, 2.75) is 77.2 Å². The van der Waals surface area contributed by atoms with Gasteiger partial charge in [0.2, 0.25) is 5.91 Å². The largest absolute Gasteiger partial charge is 0.353 e. The summed E-state index contributed by atoms with van der Waals surface area (Å²) in [5, 5.41) is 3.29. The number of amides is 1. The molecule has 0 aliphatic heterocycles. The van der Waals surface area contributed by atoms with Gasteiger partial charge in [0, 0.05) is 12.6 Å². The first-order valence-corrected chi connectivity index (χ1v) is 8.19. The first-order valence-electron chi connectivity index (χ1n) is 8.19. The lowest BCUT2D eigenvalue weighted by Gasteiger charge is -2.37. The fraction of sp³-hybridized carbons (Fsp3) is 0.938. The molecule has 1 atom stereocenters. The zero-order valence-corrected chi connectivity index (χ0v) is 12.4. The van der Waals surface area contributed by atoms with Crippen LogP contribution in [-0.2, 0) is 4.79 Å². The second-order valence-corrected chi connectivity index (χ2v) is 6.71. The molecule has 2 fully saturated rings. The molecule has 0 aromatic heterocycles. The van der Waals surface area contributed by atoms with Crippen molar-refractivity contribution in [1.29, 1.82) is 0 Å². The molecular weight excluding hydrogens is 236 g/mol. The Morgan fingerprint density at radius 1 is 1.16 bits per heavy atom. The Bertz CT molecular complexity index is 291. The van der Waals surface area contributed by atoms with E-state index in [1.165, 1.54) is 38.5 Å². The maximum absolute atomic E-state index is 12.6. The van der Waals surface area contributed by atoms with Gasteiger partial charge in [0.05, 0.1) is 5.41 Å². The molecule has 2 aliphatic rings. The molecule has 0 aromatic carbocycles. The van der Waals surface area contributed by atoms with Gasteiger partial charge >= 0.3 is 0 Å². The molecule has 2 saturated carbocycles. The van der Waals surface area contributed by atoms with Gasteiger partial charge in [-0.3, -0.25) is 4.79 Å². The zero-order valence-electron chi connectivity index (χ0n) is 12.4. The van der Waals surface area contributed by atoms with E-state index in [-0.39, 0.29) is 11.3 Å². The van der Waals surface area contributed by atoms with Gasteiger partial charge in [0.1, 0.15) is 0 Å². The van der Waals surface area contributed by atoms with Crippen molar-refractivity contribution >= 4 is 5.91 Å². The standard InChI is InChI=1S/C16H30N2O/c1-13(14-8-4-2-5-9-14)18-15(19)16(12-17)10-6-3-7-11-16/h13-14H,2-12,17H2,1H3,(H,18,19)/t13-/m1/s1. The van der Waals surface area contributed by atoms with E-state index in [0.29, 0.717) is 18.5 Å². The lowest BCUT2D eigenvalue weighted by molar-refractivity contribution is -0.133. The number of nitrogens with one attached hydrogen (secondary N) is 1.